The zero-order chi connectivity index (χ0) is 24.6. The van der Waals surface area contributed by atoms with E-state index in [9.17, 15) is 18.0 Å². The topological polar surface area (TPSA) is 125 Å². The molecule has 0 radical (unpaired) electrons. The Kier molecular flexibility index (Phi) is 8.98. The van der Waals surface area contributed by atoms with E-state index in [2.05, 4.69) is 10.7 Å². The van der Waals surface area contributed by atoms with Crippen molar-refractivity contribution in [3.05, 3.63) is 59.7 Å². The molecule has 0 spiro atoms. The standard InChI is InChI=1S/C23H31N3O6S/c1-23(2,3)32-22(28)25-15-21(27)26(24-4)16-18-6-5-7-20(14-18)19-10-8-17(9-11-19)12-13-33(29,30)31/h5-11,14,24H,12-13,15-16H2,1-4H3,(H,25,28)(H,29,30,31). The van der Waals surface area contributed by atoms with Crippen molar-refractivity contribution in [3.8, 4) is 11.1 Å². The number of hydrogen-bond acceptors (Lipinski definition) is 6. The second-order valence-electron chi connectivity index (χ2n) is 8.49. The van der Waals surface area contributed by atoms with Crippen molar-refractivity contribution >= 4 is 22.1 Å². The lowest BCUT2D eigenvalue weighted by molar-refractivity contribution is -0.133. The van der Waals surface area contributed by atoms with Gasteiger partial charge in [0.25, 0.3) is 16.0 Å². The number of amides is 2. The van der Waals surface area contributed by atoms with Crippen molar-refractivity contribution in [2.24, 2.45) is 0 Å². The van der Waals surface area contributed by atoms with Gasteiger partial charge in [-0.2, -0.15) is 8.42 Å². The van der Waals surface area contributed by atoms with Crippen LogP contribution >= 0.6 is 0 Å². The second-order valence-corrected chi connectivity index (χ2v) is 10.1. The number of nitrogens with zero attached hydrogens (tertiary/aromatic N) is 1. The van der Waals surface area contributed by atoms with E-state index in [0.717, 1.165) is 22.3 Å². The van der Waals surface area contributed by atoms with Crippen molar-refractivity contribution in [1.29, 1.82) is 0 Å². The maximum atomic E-state index is 12.5. The van der Waals surface area contributed by atoms with E-state index in [1.165, 1.54) is 5.01 Å². The summed E-state index contributed by atoms with van der Waals surface area (Å²) in [5.41, 5.74) is 5.74. The number of alkyl carbamates (subject to hydrolysis) is 1. The van der Waals surface area contributed by atoms with Gasteiger partial charge in [-0.1, -0.05) is 42.5 Å². The predicted octanol–water partition coefficient (Wildman–Crippen LogP) is 2.77. The average Bonchev–Trinajstić information content (AvgIpc) is 2.73. The van der Waals surface area contributed by atoms with Gasteiger partial charge in [0, 0.05) is 7.05 Å². The van der Waals surface area contributed by atoms with Crippen LogP contribution < -0.4 is 10.7 Å². The van der Waals surface area contributed by atoms with Gasteiger partial charge >= 0.3 is 6.09 Å². The lowest BCUT2D eigenvalue weighted by Crippen LogP contribution is -2.46. The SMILES string of the molecule is CNN(Cc1cccc(-c2ccc(CCS(=O)(=O)O)cc2)c1)C(=O)CNC(=O)OC(C)(C)C. The lowest BCUT2D eigenvalue weighted by atomic mass is 10.0. The van der Waals surface area contributed by atoms with Gasteiger partial charge in [-0.05, 0) is 55.5 Å². The van der Waals surface area contributed by atoms with Crippen LogP contribution in [0.1, 0.15) is 31.9 Å². The molecule has 33 heavy (non-hydrogen) atoms. The first-order chi connectivity index (χ1) is 15.4. The van der Waals surface area contributed by atoms with E-state index in [0.29, 0.717) is 0 Å². The molecule has 180 valence electrons. The van der Waals surface area contributed by atoms with E-state index < -0.39 is 21.8 Å². The summed E-state index contributed by atoms with van der Waals surface area (Å²) < 4.78 is 35.9. The Morgan fingerprint density at radius 3 is 2.27 bits per heavy atom. The first kappa shape index (κ1) is 26.3. The van der Waals surface area contributed by atoms with Crippen molar-refractivity contribution < 1.29 is 27.3 Å². The summed E-state index contributed by atoms with van der Waals surface area (Å²) in [6, 6.07) is 15.1. The number of benzene rings is 2. The molecule has 2 aromatic carbocycles. The Morgan fingerprint density at radius 1 is 1.03 bits per heavy atom. The summed E-state index contributed by atoms with van der Waals surface area (Å²) in [6.45, 7) is 5.31. The normalized spacial score (nSPS) is 11.7. The minimum atomic E-state index is -4.00. The minimum Gasteiger partial charge on any atom is -0.444 e. The number of aryl methyl sites for hydroxylation is 1. The molecule has 9 nitrogen and oxygen atoms in total. The third-order valence-corrected chi connectivity index (χ3v) is 5.28. The second kappa shape index (κ2) is 11.3. The molecule has 0 bridgehead atoms. The molecule has 0 saturated carbocycles. The van der Waals surface area contributed by atoms with E-state index in [1.807, 2.05) is 48.5 Å². The highest BCUT2D eigenvalue weighted by molar-refractivity contribution is 7.85. The van der Waals surface area contributed by atoms with E-state index >= 15 is 0 Å². The van der Waals surface area contributed by atoms with E-state index in [4.69, 9.17) is 9.29 Å². The molecule has 0 heterocycles. The lowest BCUT2D eigenvalue weighted by Gasteiger charge is -2.23. The number of hydrazine groups is 1. The van der Waals surface area contributed by atoms with Gasteiger partial charge in [0.05, 0.1) is 12.3 Å². The molecule has 0 fully saturated rings. The third kappa shape index (κ3) is 9.60. The van der Waals surface area contributed by atoms with Crippen molar-refractivity contribution in [1.82, 2.24) is 15.8 Å². The Balaban J connectivity index is 2.01. The van der Waals surface area contributed by atoms with Crippen LogP contribution in [0.15, 0.2) is 48.5 Å². The molecule has 0 aliphatic heterocycles. The van der Waals surface area contributed by atoms with Gasteiger partial charge in [-0.15, -0.1) is 0 Å². The highest BCUT2D eigenvalue weighted by atomic mass is 32.2. The number of rotatable bonds is 9. The molecule has 3 N–H and O–H groups in total. The van der Waals surface area contributed by atoms with Gasteiger partial charge in [0.1, 0.15) is 12.1 Å². The molecular weight excluding hydrogens is 446 g/mol. The molecule has 10 heteroatoms. The summed E-state index contributed by atoms with van der Waals surface area (Å²) in [7, 11) is -2.37. The van der Waals surface area contributed by atoms with E-state index in [-0.39, 0.29) is 31.2 Å². The molecule has 0 aliphatic rings. The first-order valence-corrected chi connectivity index (χ1v) is 12.1. The van der Waals surface area contributed by atoms with Crippen LogP contribution in [0.25, 0.3) is 11.1 Å². The molecule has 0 atom stereocenters. The van der Waals surface area contributed by atoms with Gasteiger partial charge in [0.15, 0.2) is 0 Å². The largest absolute Gasteiger partial charge is 0.444 e. The summed E-state index contributed by atoms with van der Waals surface area (Å²) >= 11 is 0. The zero-order valence-corrected chi connectivity index (χ0v) is 20.1. The van der Waals surface area contributed by atoms with Gasteiger partial charge in [-0.3, -0.25) is 14.4 Å². The fourth-order valence-corrected chi connectivity index (χ4v) is 3.49. The monoisotopic (exact) mass is 477 g/mol. The summed E-state index contributed by atoms with van der Waals surface area (Å²) in [5, 5.41) is 3.85. The van der Waals surface area contributed by atoms with Gasteiger partial charge in [0.2, 0.25) is 0 Å². The van der Waals surface area contributed by atoms with Crippen LogP contribution in [0.5, 0.6) is 0 Å². The Labute approximate surface area is 194 Å². The molecule has 0 aliphatic carbocycles. The van der Waals surface area contributed by atoms with Gasteiger partial charge < -0.3 is 10.1 Å². The Bertz CT molecular complexity index is 1060. The number of nitrogens with one attached hydrogen (secondary N) is 2. The zero-order valence-electron chi connectivity index (χ0n) is 19.3. The number of carbonyl (C=O) groups excluding carboxylic acids is 2. The minimum absolute atomic E-state index is 0.208. The van der Waals surface area contributed by atoms with Crippen molar-refractivity contribution in [3.63, 3.8) is 0 Å². The number of hydrogen-bond donors (Lipinski definition) is 3. The molecule has 2 amide bonds. The maximum absolute atomic E-state index is 12.5. The molecular formula is C23H31N3O6S. The van der Waals surface area contributed by atoms with Crippen molar-refractivity contribution in [2.45, 2.75) is 39.3 Å². The van der Waals surface area contributed by atoms with Crippen LogP contribution in [0, 0.1) is 0 Å². The number of ether oxygens (including phenoxy) is 1. The van der Waals surface area contributed by atoms with Crippen LogP contribution in [-0.4, -0.2) is 54.9 Å². The van der Waals surface area contributed by atoms with Gasteiger partial charge in [-0.25, -0.2) is 10.2 Å². The maximum Gasteiger partial charge on any atom is 0.408 e. The van der Waals surface area contributed by atoms with Crippen LogP contribution in [0.3, 0.4) is 0 Å². The van der Waals surface area contributed by atoms with Crippen LogP contribution in [0.2, 0.25) is 0 Å². The van der Waals surface area contributed by atoms with Crippen LogP contribution in [-0.2, 0) is 32.6 Å². The number of carbonyl (C=O) groups is 2. The third-order valence-electron chi connectivity index (χ3n) is 4.56. The Morgan fingerprint density at radius 2 is 1.70 bits per heavy atom. The predicted molar refractivity (Wildman–Crippen MR) is 126 cm³/mol. The first-order valence-electron chi connectivity index (χ1n) is 10.4. The average molecular weight is 478 g/mol. The molecule has 0 aromatic heterocycles. The van der Waals surface area contributed by atoms with Crippen LogP contribution in [0.4, 0.5) is 4.79 Å². The molecule has 0 unspecified atom stereocenters. The van der Waals surface area contributed by atoms with Crippen molar-refractivity contribution in [2.75, 3.05) is 19.3 Å². The highest BCUT2D eigenvalue weighted by Crippen LogP contribution is 2.22. The molecule has 2 aromatic rings. The quantitative estimate of drug-likeness (QED) is 0.375. The fourth-order valence-electron chi connectivity index (χ4n) is 2.99. The smallest absolute Gasteiger partial charge is 0.408 e. The summed E-state index contributed by atoms with van der Waals surface area (Å²) in [6.07, 6.45) is -0.427. The summed E-state index contributed by atoms with van der Waals surface area (Å²) in [4.78, 5) is 24.3. The fraction of sp³-hybridized carbons (Fsp3) is 0.391. The Hall–Kier alpha value is -2.95. The van der Waals surface area contributed by atoms with E-state index in [1.54, 1.807) is 27.8 Å². The molecule has 0 saturated heterocycles. The molecule has 2 rings (SSSR count). The highest BCUT2D eigenvalue weighted by Gasteiger charge is 2.18. The summed E-state index contributed by atoms with van der Waals surface area (Å²) in [5.74, 6) is -0.643.